The average Bonchev–Trinajstić information content (AvgIpc) is 2.87. The van der Waals surface area contributed by atoms with E-state index in [4.69, 9.17) is 4.74 Å². The lowest BCUT2D eigenvalue weighted by atomic mass is 9.83. The van der Waals surface area contributed by atoms with E-state index in [2.05, 4.69) is 20.9 Å². The first kappa shape index (κ1) is 26.2. The van der Waals surface area contributed by atoms with Gasteiger partial charge in [-0.15, -0.1) is 0 Å². The van der Waals surface area contributed by atoms with Crippen LogP contribution in [0.4, 0.5) is 18.9 Å². The number of anilines is 1. The first-order valence-electron chi connectivity index (χ1n) is 11.8. The SMILES string of the molecule is CNCc1cc(NC(=O)C2CCc3ccc(Oc4cncc(C(=O)NC)c4)cc3C2)cc(C(F)(F)F)c1. The van der Waals surface area contributed by atoms with E-state index >= 15 is 0 Å². The smallest absolute Gasteiger partial charge is 0.416 e. The van der Waals surface area contributed by atoms with Crippen LogP contribution in [0.15, 0.2) is 54.9 Å². The monoisotopic (exact) mass is 512 g/mol. The van der Waals surface area contributed by atoms with Crippen molar-refractivity contribution >= 4 is 17.5 Å². The van der Waals surface area contributed by atoms with Crippen LogP contribution in [-0.4, -0.2) is 30.9 Å². The van der Waals surface area contributed by atoms with Gasteiger partial charge in [-0.3, -0.25) is 14.6 Å². The maximum absolute atomic E-state index is 13.4. The van der Waals surface area contributed by atoms with E-state index in [1.165, 1.54) is 19.4 Å². The third-order valence-corrected chi connectivity index (χ3v) is 6.18. The molecular formula is C27H27F3N4O3. The summed E-state index contributed by atoms with van der Waals surface area (Å²) in [6, 6.07) is 10.8. The summed E-state index contributed by atoms with van der Waals surface area (Å²) < 4.78 is 45.9. The van der Waals surface area contributed by atoms with Gasteiger partial charge >= 0.3 is 6.18 Å². The molecule has 1 heterocycles. The van der Waals surface area contributed by atoms with E-state index < -0.39 is 17.7 Å². The molecule has 37 heavy (non-hydrogen) atoms. The van der Waals surface area contributed by atoms with E-state index in [-0.39, 0.29) is 24.0 Å². The van der Waals surface area contributed by atoms with Gasteiger partial charge in [0, 0.05) is 31.4 Å². The van der Waals surface area contributed by atoms with Crippen LogP contribution in [0.3, 0.4) is 0 Å². The normalized spacial score (nSPS) is 15.0. The van der Waals surface area contributed by atoms with Crippen LogP contribution in [0.25, 0.3) is 0 Å². The molecular weight excluding hydrogens is 485 g/mol. The number of ether oxygens (including phenoxy) is 1. The Hall–Kier alpha value is -3.92. The minimum absolute atomic E-state index is 0.122. The van der Waals surface area contributed by atoms with Crippen LogP contribution in [0.2, 0.25) is 0 Å². The van der Waals surface area contributed by atoms with Crippen molar-refractivity contribution in [1.82, 2.24) is 15.6 Å². The molecule has 0 fully saturated rings. The molecule has 1 aliphatic carbocycles. The molecule has 10 heteroatoms. The van der Waals surface area contributed by atoms with Crippen molar-refractivity contribution in [2.75, 3.05) is 19.4 Å². The third-order valence-electron chi connectivity index (χ3n) is 6.18. The number of hydrogen-bond donors (Lipinski definition) is 3. The van der Waals surface area contributed by atoms with Crippen LogP contribution in [0, 0.1) is 5.92 Å². The summed E-state index contributed by atoms with van der Waals surface area (Å²) in [6.07, 6.45) is 0.0951. The molecule has 194 valence electrons. The van der Waals surface area contributed by atoms with Crippen molar-refractivity contribution < 1.29 is 27.5 Å². The number of carbonyl (C=O) groups is 2. The number of aryl methyl sites for hydroxylation is 1. The van der Waals surface area contributed by atoms with Gasteiger partial charge < -0.3 is 20.7 Å². The molecule has 2 aromatic carbocycles. The number of hydrogen-bond acceptors (Lipinski definition) is 5. The number of carbonyl (C=O) groups excluding carboxylic acids is 2. The van der Waals surface area contributed by atoms with E-state index in [1.54, 1.807) is 19.2 Å². The van der Waals surface area contributed by atoms with Gasteiger partial charge in [-0.1, -0.05) is 6.07 Å². The highest BCUT2D eigenvalue weighted by molar-refractivity contribution is 5.94. The second kappa shape index (κ2) is 11.0. The Labute approximate surface area is 212 Å². The summed E-state index contributed by atoms with van der Waals surface area (Å²) in [5.41, 5.74) is 2.13. The van der Waals surface area contributed by atoms with Crippen LogP contribution in [0.1, 0.15) is 39.0 Å². The van der Waals surface area contributed by atoms with Crippen LogP contribution in [-0.2, 0) is 30.4 Å². The highest BCUT2D eigenvalue weighted by Crippen LogP contribution is 2.34. The number of amides is 2. The Morgan fingerprint density at radius 3 is 2.57 bits per heavy atom. The average molecular weight is 513 g/mol. The molecule has 0 aliphatic heterocycles. The van der Waals surface area contributed by atoms with Gasteiger partial charge in [0.2, 0.25) is 5.91 Å². The summed E-state index contributed by atoms with van der Waals surface area (Å²) in [7, 11) is 3.17. The summed E-state index contributed by atoms with van der Waals surface area (Å²) in [6.45, 7) is 0.244. The Bertz CT molecular complexity index is 1310. The predicted octanol–water partition coefficient (Wildman–Crippen LogP) is 4.72. The number of nitrogens with zero attached hydrogens (tertiary/aromatic N) is 1. The standard InChI is InChI=1S/C27H27F3N4O3/c1-31-13-16-7-21(27(28,29)30)12-22(8-16)34-26(36)18-4-3-17-5-6-23(10-19(17)9-18)37-24-11-20(14-33-15-24)25(35)32-2/h5-8,10-12,14-15,18,31H,3-4,9,13H2,1-2H3,(H,32,35)(H,34,36). The number of alkyl halides is 3. The number of aromatic nitrogens is 1. The summed E-state index contributed by atoms with van der Waals surface area (Å²) in [5.74, 6) is -0.0770. The van der Waals surface area contributed by atoms with Gasteiger partial charge in [-0.2, -0.15) is 13.2 Å². The molecule has 1 aromatic heterocycles. The van der Waals surface area contributed by atoms with Crippen molar-refractivity contribution in [1.29, 1.82) is 0 Å². The lowest BCUT2D eigenvalue weighted by molar-refractivity contribution is -0.137. The third kappa shape index (κ3) is 6.45. The van der Waals surface area contributed by atoms with Gasteiger partial charge in [0.1, 0.15) is 11.5 Å². The molecule has 0 saturated heterocycles. The fourth-order valence-corrected chi connectivity index (χ4v) is 4.38. The Kier molecular flexibility index (Phi) is 7.77. The molecule has 0 saturated carbocycles. The molecule has 2 amide bonds. The van der Waals surface area contributed by atoms with E-state index in [0.717, 1.165) is 23.3 Å². The largest absolute Gasteiger partial charge is 0.456 e. The fraction of sp³-hybridized carbons (Fsp3) is 0.296. The van der Waals surface area contributed by atoms with Crippen molar-refractivity contribution in [3.8, 4) is 11.5 Å². The predicted molar refractivity (Wildman–Crippen MR) is 132 cm³/mol. The Balaban J connectivity index is 1.48. The van der Waals surface area contributed by atoms with Gasteiger partial charge in [-0.05, 0) is 79.4 Å². The number of pyridine rings is 1. The molecule has 7 nitrogen and oxygen atoms in total. The molecule has 1 atom stereocenters. The second-order valence-electron chi connectivity index (χ2n) is 8.90. The molecule has 1 aliphatic rings. The number of halogens is 3. The highest BCUT2D eigenvalue weighted by atomic mass is 19.4. The van der Waals surface area contributed by atoms with Crippen LogP contribution < -0.4 is 20.7 Å². The first-order chi connectivity index (χ1) is 17.7. The van der Waals surface area contributed by atoms with Crippen LogP contribution in [0.5, 0.6) is 11.5 Å². The molecule has 3 aromatic rings. The molecule has 0 bridgehead atoms. The zero-order chi connectivity index (χ0) is 26.6. The Morgan fingerprint density at radius 1 is 1.03 bits per heavy atom. The minimum Gasteiger partial charge on any atom is -0.456 e. The molecule has 0 radical (unpaired) electrons. The highest BCUT2D eigenvalue weighted by Gasteiger charge is 2.32. The maximum Gasteiger partial charge on any atom is 0.416 e. The summed E-state index contributed by atoms with van der Waals surface area (Å²) in [4.78, 5) is 28.9. The zero-order valence-electron chi connectivity index (χ0n) is 20.4. The quantitative estimate of drug-likeness (QED) is 0.426. The number of nitrogens with one attached hydrogen (secondary N) is 3. The summed E-state index contributed by atoms with van der Waals surface area (Å²) in [5, 5.41) is 8.06. The van der Waals surface area contributed by atoms with Gasteiger partial charge in [0.15, 0.2) is 0 Å². The molecule has 4 rings (SSSR count). The van der Waals surface area contributed by atoms with E-state index in [0.29, 0.717) is 41.9 Å². The second-order valence-corrected chi connectivity index (χ2v) is 8.90. The topological polar surface area (TPSA) is 92.3 Å². The Morgan fingerprint density at radius 2 is 1.84 bits per heavy atom. The van der Waals surface area contributed by atoms with Crippen molar-refractivity contribution in [2.24, 2.45) is 5.92 Å². The van der Waals surface area contributed by atoms with E-state index in [1.807, 2.05) is 18.2 Å². The first-order valence-corrected chi connectivity index (χ1v) is 11.8. The zero-order valence-corrected chi connectivity index (χ0v) is 20.4. The number of fused-ring (bicyclic) bond motifs is 1. The molecule has 0 spiro atoms. The molecule has 3 N–H and O–H groups in total. The minimum atomic E-state index is -4.52. The van der Waals surface area contributed by atoms with E-state index in [9.17, 15) is 22.8 Å². The van der Waals surface area contributed by atoms with Crippen molar-refractivity contribution in [3.63, 3.8) is 0 Å². The number of benzene rings is 2. The summed E-state index contributed by atoms with van der Waals surface area (Å²) >= 11 is 0. The van der Waals surface area contributed by atoms with Crippen LogP contribution >= 0.6 is 0 Å². The van der Waals surface area contributed by atoms with Gasteiger partial charge in [0.25, 0.3) is 5.91 Å². The fourth-order valence-electron chi connectivity index (χ4n) is 4.38. The molecule has 1 unspecified atom stereocenters. The maximum atomic E-state index is 13.4. The van der Waals surface area contributed by atoms with Crippen molar-refractivity contribution in [2.45, 2.75) is 32.0 Å². The lowest BCUT2D eigenvalue weighted by Gasteiger charge is -2.25. The van der Waals surface area contributed by atoms with Crippen molar-refractivity contribution in [3.05, 3.63) is 82.7 Å². The lowest BCUT2D eigenvalue weighted by Crippen LogP contribution is -2.28. The van der Waals surface area contributed by atoms with Gasteiger partial charge in [-0.25, -0.2) is 0 Å². The number of rotatable bonds is 7. The van der Waals surface area contributed by atoms with Gasteiger partial charge in [0.05, 0.1) is 17.3 Å².